The fourth-order valence-electron chi connectivity index (χ4n) is 1.99. The van der Waals surface area contributed by atoms with Gasteiger partial charge in [-0.2, -0.15) is 0 Å². The number of carbonyl (C=O) groups excluding carboxylic acids is 1. The number of allylic oxidation sites excluding steroid dienone is 1. The third kappa shape index (κ3) is 6.34. The van der Waals surface area contributed by atoms with Crippen molar-refractivity contribution in [1.82, 2.24) is 0 Å². The second kappa shape index (κ2) is 7.08. The Morgan fingerprint density at radius 3 is 2.17 bits per heavy atom. The van der Waals surface area contributed by atoms with Crippen LogP contribution in [0.4, 0.5) is 0 Å². The molecular weight excluding hydrogens is 224 g/mol. The number of rotatable bonds is 8. The largest absolute Gasteiger partial charge is 0.365 e. The number of ketones is 1. The van der Waals surface area contributed by atoms with Crippen LogP contribution in [0.15, 0.2) is 11.6 Å². The van der Waals surface area contributed by atoms with E-state index in [0.717, 1.165) is 12.8 Å². The van der Waals surface area contributed by atoms with Gasteiger partial charge in [0.2, 0.25) is 0 Å². The van der Waals surface area contributed by atoms with E-state index in [-0.39, 0.29) is 11.2 Å². The first kappa shape index (κ1) is 17.4. The summed E-state index contributed by atoms with van der Waals surface area (Å²) in [5, 5.41) is 0. The average Bonchev–Trinajstić information content (AvgIpc) is 2.25. The normalized spacial score (nSPS) is 13.8. The van der Waals surface area contributed by atoms with E-state index in [1.807, 2.05) is 6.92 Å². The summed E-state index contributed by atoms with van der Waals surface area (Å²) in [5.41, 5.74) is 0.714. The van der Waals surface area contributed by atoms with E-state index in [1.54, 1.807) is 0 Å². The molecule has 2 nitrogen and oxygen atoms in total. The van der Waals surface area contributed by atoms with Gasteiger partial charge in [-0.1, -0.05) is 19.9 Å². The molecule has 0 heterocycles. The van der Waals surface area contributed by atoms with Crippen molar-refractivity contribution in [1.29, 1.82) is 0 Å². The zero-order valence-electron chi connectivity index (χ0n) is 13.2. The van der Waals surface area contributed by atoms with Crippen molar-refractivity contribution in [2.75, 3.05) is 0 Å². The second-order valence-electron chi connectivity index (χ2n) is 6.06. The van der Waals surface area contributed by atoms with Gasteiger partial charge in [-0.15, -0.1) is 0 Å². The van der Waals surface area contributed by atoms with Gasteiger partial charge in [0, 0.05) is 12.8 Å². The predicted molar refractivity (Wildman–Crippen MR) is 77.8 cm³/mol. The molecule has 0 spiro atoms. The molecule has 0 unspecified atom stereocenters. The van der Waals surface area contributed by atoms with E-state index in [4.69, 9.17) is 4.74 Å². The van der Waals surface area contributed by atoms with E-state index in [1.165, 1.54) is 5.57 Å². The molecule has 0 amide bonds. The highest BCUT2D eigenvalue weighted by Gasteiger charge is 2.30. The summed E-state index contributed by atoms with van der Waals surface area (Å²) in [6, 6.07) is 0. The summed E-state index contributed by atoms with van der Waals surface area (Å²) < 4.78 is 6.21. The molecule has 0 fully saturated rings. The minimum atomic E-state index is -0.269. The predicted octanol–water partition coefficient (Wildman–Crippen LogP) is 4.68. The molecule has 0 atom stereocenters. The van der Waals surface area contributed by atoms with Gasteiger partial charge in [0.25, 0.3) is 0 Å². The molecule has 18 heavy (non-hydrogen) atoms. The number of carbonyl (C=O) groups is 1. The molecule has 0 bridgehead atoms. The molecule has 106 valence electrons. The standard InChI is InChI=1S/C16H30O2/c1-8-10-13(3)16(6,7)18-15(4,5)12-11-14(17)9-2/h10H,8-9,11-12H2,1-7H3/b13-10+. The van der Waals surface area contributed by atoms with Crippen LogP contribution in [-0.2, 0) is 9.53 Å². The van der Waals surface area contributed by atoms with Crippen molar-refractivity contribution in [2.24, 2.45) is 0 Å². The van der Waals surface area contributed by atoms with E-state index in [0.29, 0.717) is 18.6 Å². The molecule has 0 aliphatic heterocycles. The maximum absolute atomic E-state index is 11.4. The lowest BCUT2D eigenvalue weighted by Gasteiger charge is -2.37. The van der Waals surface area contributed by atoms with Crippen molar-refractivity contribution in [2.45, 2.75) is 85.4 Å². The number of Topliss-reactive ketones (excluding diaryl/α,β-unsaturated/α-hetero) is 1. The second-order valence-corrected chi connectivity index (χ2v) is 6.06. The zero-order valence-corrected chi connectivity index (χ0v) is 13.2. The molecule has 0 aromatic heterocycles. The number of ether oxygens (including phenoxy) is 1. The van der Waals surface area contributed by atoms with Crippen molar-refractivity contribution in [3.05, 3.63) is 11.6 Å². The van der Waals surface area contributed by atoms with E-state index in [2.05, 4.69) is 47.6 Å². The molecule has 0 N–H and O–H groups in total. The van der Waals surface area contributed by atoms with Gasteiger partial charge >= 0.3 is 0 Å². The fourth-order valence-corrected chi connectivity index (χ4v) is 1.99. The summed E-state index contributed by atoms with van der Waals surface area (Å²) in [5.74, 6) is 0.310. The lowest BCUT2D eigenvalue weighted by atomic mass is 9.94. The zero-order chi connectivity index (χ0) is 14.4. The van der Waals surface area contributed by atoms with Crippen LogP contribution in [0.3, 0.4) is 0 Å². The Balaban J connectivity index is 4.55. The topological polar surface area (TPSA) is 26.3 Å². The highest BCUT2D eigenvalue weighted by atomic mass is 16.5. The maximum atomic E-state index is 11.4. The van der Waals surface area contributed by atoms with Crippen LogP contribution in [0.1, 0.15) is 74.1 Å². The molecular formula is C16H30O2. The molecule has 2 heteroatoms. The first-order valence-electron chi connectivity index (χ1n) is 7.03. The molecule has 0 rings (SSSR count). The van der Waals surface area contributed by atoms with Crippen LogP contribution < -0.4 is 0 Å². The quantitative estimate of drug-likeness (QED) is 0.588. The third-order valence-electron chi connectivity index (χ3n) is 3.39. The van der Waals surface area contributed by atoms with Crippen LogP contribution in [0, 0.1) is 0 Å². The van der Waals surface area contributed by atoms with Gasteiger partial charge in [0.05, 0.1) is 11.2 Å². The smallest absolute Gasteiger partial charge is 0.132 e. The Kier molecular flexibility index (Phi) is 6.83. The third-order valence-corrected chi connectivity index (χ3v) is 3.39. The van der Waals surface area contributed by atoms with Crippen molar-refractivity contribution >= 4 is 5.78 Å². The number of hydrogen-bond acceptors (Lipinski definition) is 2. The number of hydrogen-bond donors (Lipinski definition) is 0. The van der Waals surface area contributed by atoms with Crippen LogP contribution in [-0.4, -0.2) is 17.0 Å². The lowest BCUT2D eigenvalue weighted by molar-refractivity contribution is -0.126. The Morgan fingerprint density at radius 2 is 1.72 bits per heavy atom. The monoisotopic (exact) mass is 254 g/mol. The molecule has 0 aliphatic rings. The van der Waals surface area contributed by atoms with Gasteiger partial charge in [0.15, 0.2) is 0 Å². The van der Waals surface area contributed by atoms with Gasteiger partial charge in [-0.25, -0.2) is 0 Å². The first-order chi connectivity index (χ1) is 8.14. The van der Waals surface area contributed by atoms with E-state index in [9.17, 15) is 4.79 Å². The summed E-state index contributed by atoms with van der Waals surface area (Å²) in [6.07, 6.45) is 5.23. The minimum absolute atomic E-state index is 0.267. The molecule has 0 radical (unpaired) electrons. The van der Waals surface area contributed by atoms with Crippen LogP contribution in [0.25, 0.3) is 0 Å². The molecule has 0 saturated carbocycles. The van der Waals surface area contributed by atoms with E-state index < -0.39 is 0 Å². The molecule has 0 aromatic carbocycles. The average molecular weight is 254 g/mol. The van der Waals surface area contributed by atoms with Crippen LogP contribution in [0.2, 0.25) is 0 Å². The highest BCUT2D eigenvalue weighted by molar-refractivity contribution is 5.78. The Labute approximate surface area is 113 Å². The maximum Gasteiger partial charge on any atom is 0.132 e. The van der Waals surface area contributed by atoms with Crippen molar-refractivity contribution < 1.29 is 9.53 Å². The molecule has 0 aromatic rings. The van der Waals surface area contributed by atoms with Gasteiger partial charge in [-0.05, 0) is 53.0 Å². The summed E-state index contributed by atoms with van der Waals surface area (Å²) in [6.45, 7) is 14.5. The van der Waals surface area contributed by atoms with Crippen LogP contribution in [0.5, 0.6) is 0 Å². The van der Waals surface area contributed by atoms with E-state index >= 15 is 0 Å². The van der Waals surface area contributed by atoms with Gasteiger partial charge < -0.3 is 4.74 Å². The van der Waals surface area contributed by atoms with Gasteiger partial charge in [0.1, 0.15) is 5.78 Å². The summed E-state index contributed by atoms with van der Waals surface area (Å²) >= 11 is 0. The minimum Gasteiger partial charge on any atom is -0.365 e. The van der Waals surface area contributed by atoms with Crippen molar-refractivity contribution in [3.8, 4) is 0 Å². The SMILES string of the molecule is CC/C=C(\C)C(C)(C)OC(C)(C)CCC(=O)CC. The van der Waals surface area contributed by atoms with Gasteiger partial charge in [-0.3, -0.25) is 4.79 Å². The Morgan fingerprint density at radius 1 is 1.17 bits per heavy atom. The Bertz CT molecular complexity index is 298. The highest BCUT2D eigenvalue weighted by Crippen LogP contribution is 2.30. The molecule has 0 saturated heterocycles. The summed E-state index contributed by atoms with van der Waals surface area (Å²) in [4.78, 5) is 11.4. The lowest BCUT2D eigenvalue weighted by Crippen LogP contribution is -2.38. The van der Waals surface area contributed by atoms with Crippen molar-refractivity contribution in [3.63, 3.8) is 0 Å². The van der Waals surface area contributed by atoms with Crippen LogP contribution >= 0.6 is 0 Å². The Hall–Kier alpha value is -0.630. The fraction of sp³-hybridized carbons (Fsp3) is 0.812. The summed E-state index contributed by atoms with van der Waals surface area (Å²) in [7, 11) is 0. The molecule has 0 aliphatic carbocycles. The first-order valence-corrected chi connectivity index (χ1v) is 7.03.